The Morgan fingerprint density at radius 3 is 2.06 bits per heavy atom. The number of carbonyl (C=O) groups excluding carboxylic acids is 1. The summed E-state index contributed by atoms with van der Waals surface area (Å²) in [5, 5.41) is 0. The molecule has 0 fully saturated rings. The minimum Gasteiger partial charge on any atom is -0.494 e. The Morgan fingerprint density at radius 2 is 1.41 bits per heavy atom. The molecule has 5 nitrogen and oxygen atoms in total. The fourth-order valence-electron chi connectivity index (χ4n) is 3.65. The van der Waals surface area contributed by atoms with Gasteiger partial charge in [0.2, 0.25) is 0 Å². The lowest BCUT2D eigenvalue weighted by atomic mass is 10.1. The summed E-state index contributed by atoms with van der Waals surface area (Å²) in [6.45, 7) is 3.69. The Morgan fingerprint density at radius 1 is 0.794 bits per heavy atom. The van der Waals surface area contributed by atoms with Gasteiger partial charge in [-0.2, -0.15) is 0 Å². The zero-order valence-electron chi connectivity index (χ0n) is 20.7. The van der Waals surface area contributed by atoms with Crippen LogP contribution in [0.4, 0.5) is 5.69 Å². The van der Waals surface area contributed by atoms with Gasteiger partial charge in [0, 0.05) is 37.5 Å². The Balaban J connectivity index is 1.44. The van der Waals surface area contributed by atoms with Crippen LogP contribution in [0.1, 0.15) is 61.4 Å². The molecule has 0 amide bonds. The minimum absolute atomic E-state index is 0.365. The Bertz CT molecular complexity index is 997. The van der Waals surface area contributed by atoms with Crippen LogP contribution < -0.4 is 18.9 Å². The number of esters is 1. The summed E-state index contributed by atoms with van der Waals surface area (Å²) in [5.41, 5.74) is 2.80. The molecule has 1 aromatic heterocycles. The lowest BCUT2D eigenvalue weighted by Crippen LogP contribution is -2.33. The third-order valence-corrected chi connectivity index (χ3v) is 5.75. The average molecular weight is 462 g/mol. The molecule has 0 atom stereocenters. The van der Waals surface area contributed by atoms with Gasteiger partial charge in [-0.15, -0.1) is 0 Å². The number of ether oxygens (including phenoxy) is 2. The maximum atomic E-state index is 12.5. The molecule has 1 heterocycles. The molecule has 3 aromatic rings. The maximum absolute atomic E-state index is 12.5. The fraction of sp³-hybridized carbons (Fsp3) is 0.379. The van der Waals surface area contributed by atoms with Gasteiger partial charge in [0.15, 0.2) is 18.9 Å². The predicted octanol–water partition coefficient (Wildman–Crippen LogP) is 6.05. The second-order valence-electron chi connectivity index (χ2n) is 8.80. The molecule has 180 valence electrons. The van der Waals surface area contributed by atoms with Crippen LogP contribution >= 0.6 is 0 Å². The number of unbranched alkanes of at least 4 members (excludes halogenated alkanes) is 5. The highest BCUT2D eigenvalue weighted by molar-refractivity contribution is 5.91. The molecule has 0 saturated heterocycles. The predicted molar refractivity (Wildman–Crippen MR) is 137 cm³/mol. The normalized spacial score (nSPS) is 10.7. The van der Waals surface area contributed by atoms with Crippen LogP contribution in [0, 0.1) is 0 Å². The molecule has 0 aliphatic rings. The standard InChI is InChI=1S/C29H37N2O3/c1-4-5-6-7-8-9-22-33-27-14-16-28(17-15-27)34-29(32)25-12-10-24(11-13-25)23-31-20-18-26(19-21-31)30(2)3/h10-21H,4-9,22-23H2,1-3H3/q+1. The van der Waals surface area contributed by atoms with Crippen LogP contribution in [0.2, 0.25) is 0 Å². The summed E-state index contributed by atoms with van der Waals surface area (Å²) in [5.74, 6) is 0.946. The summed E-state index contributed by atoms with van der Waals surface area (Å²) >= 11 is 0. The first-order valence-electron chi connectivity index (χ1n) is 12.3. The summed E-state index contributed by atoms with van der Waals surface area (Å²) < 4.78 is 13.4. The minimum atomic E-state index is -0.365. The van der Waals surface area contributed by atoms with E-state index in [0.29, 0.717) is 11.3 Å². The summed E-state index contributed by atoms with van der Waals surface area (Å²) in [6, 6.07) is 18.9. The van der Waals surface area contributed by atoms with Crippen LogP contribution in [-0.2, 0) is 6.54 Å². The van der Waals surface area contributed by atoms with E-state index in [4.69, 9.17) is 9.47 Å². The fourth-order valence-corrected chi connectivity index (χ4v) is 3.65. The summed E-state index contributed by atoms with van der Waals surface area (Å²) in [7, 11) is 4.05. The number of anilines is 1. The Hall–Kier alpha value is -3.34. The SMILES string of the molecule is CCCCCCCCOc1ccc(OC(=O)c2ccc(C[n+]3ccc(N(C)C)cc3)cc2)cc1. The van der Waals surface area contributed by atoms with Crippen LogP contribution in [0.5, 0.6) is 11.5 Å². The van der Waals surface area contributed by atoms with Crippen LogP contribution in [0.15, 0.2) is 73.1 Å². The highest BCUT2D eigenvalue weighted by Gasteiger charge is 2.10. The molecule has 0 spiro atoms. The van der Waals surface area contributed by atoms with E-state index in [1.54, 1.807) is 12.1 Å². The molecule has 0 radical (unpaired) electrons. The Kier molecular flexibility index (Phi) is 9.96. The van der Waals surface area contributed by atoms with Crippen molar-refractivity contribution in [2.24, 2.45) is 0 Å². The molecular formula is C29H37N2O3+. The highest BCUT2D eigenvalue weighted by atomic mass is 16.5. The van der Waals surface area contributed by atoms with Crippen molar-refractivity contribution >= 4 is 11.7 Å². The van der Waals surface area contributed by atoms with E-state index < -0.39 is 0 Å². The van der Waals surface area contributed by atoms with Crippen LogP contribution in [-0.4, -0.2) is 26.7 Å². The third-order valence-electron chi connectivity index (χ3n) is 5.75. The van der Waals surface area contributed by atoms with Crippen molar-refractivity contribution in [2.45, 2.75) is 52.0 Å². The van der Waals surface area contributed by atoms with E-state index in [1.807, 2.05) is 50.5 Å². The van der Waals surface area contributed by atoms with Gasteiger partial charge in [-0.1, -0.05) is 51.2 Å². The van der Waals surface area contributed by atoms with Gasteiger partial charge in [0.1, 0.15) is 11.5 Å². The van der Waals surface area contributed by atoms with E-state index in [1.165, 1.54) is 32.1 Å². The topological polar surface area (TPSA) is 42.7 Å². The van der Waals surface area contributed by atoms with Crippen molar-refractivity contribution in [1.82, 2.24) is 0 Å². The molecule has 0 unspecified atom stereocenters. The highest BCUT2D eigenvalue weighted by Crippen LogP contribution is 2.19. The third kappa shape index (κ3) is 8.22. The molecule has 34 heavy (non-hydrogen) atoms. The first kappa shape index (κ1) is 25.3. The summed E-state index contributed by atoms with van der Waals surface area (Å²) in [4.78, 5) is 14.6. The van der Waals surface area contributed by atoms with Gasteiger partial charge in [-0.25, -0.2) is 9.36 Å². The van der Waals surface area contributed by atoms with Crippen molar-refractivity contribution in [3.63, 3.8) is 0 Å². The Labute approximate surface area is 204 Å². The summed E-state index contributed by atoms with van der Waals surface area (Å²) in [6.07, 6.45) is 11.5. The quantitative estimate of drug-likeness (QED) is 0.135. The smallest absolute Gasteiger partial charge is 0.343 e. The van der Waals surface area contributed by atoms with Gasteiger partial charge in [0.05, 0.1) is 12.2 Å². The molecule has 0 bridgehead atoms. The van der Waals surface area contributed by atoms with E-state index in [9.17, 15) is 4.79 Å². The molecule has 0 aliphatic carbocycles. The largest absolute Gasteiger partial charge is 0.494 e. The lowest BCUT2D eigenvalue weighted by Gasteiger charge is -2.10. The number of aromatic nitrogens is 1. The van der Waals surface area contributed by atoms with Gasteiger partial charge < -0.3 is 14.4 Å². The van der Waals surface area contributed by atoms with Crippen molar-refractivity contribution < 1.29 is 18.8 Å². The molecule has 0 N–H and O–H groups in total. The van der Waals surface area contributed by atoms with Gasteiger partial charge in [0.25, 0.3) is 0 Å². The number of pyridine rings is 1. The van der Waals surface area contributed by atoms with Gasteiger partial charge >= 0.3 is 5.97 Å². The number of carbonyl (C=O) groups is 1. The van der Waals surface area contributed by atoms with Crippen LogP contribution in [0.3, 0.4) is 0 Å². The average Bonchev–Trinajstić information content (AvgIpc) is 2.85. The number of benzene rings is 2. The van der Waals surface area contributed by atoms with Crippen molar-refractivity contribution in [3.8, 4) is 11.5 Å². The van der Waals surface area contributed by atoms with Crippen molar-refractivity contribution in [2.75, 3.05) is 25.6 Å². The molecule has 2 aromatic carbocycles. The van der Waals surface area contributed by atoms with Crippen molar-refractivity contribution in [1.29, 1.82) is 0 Å². The zero-order chi connectivity index (χ0) is 24.2. The van der Waals surface area contributed by atoms with Gasteiger partial charge in [-0.3, -0.25) is 0 Å². The molecule has 5 heteroatoms. The second kappa shape index (κ2) is 13.4. The number of hydrogen-bond donors (Lipinski definition) is 0. The first-order chi connectivity index (χ1) is 16.5. The number of nitrogens with zero attached hydrogens (tertiary/aromatic N) is 2. The van der Waals surface area contributed by atoms with E-state index in [-0.39, 0.29) is 5.97 Å². The molecule has 3 rings (SSSR count). The van der Waals surface area contributed by atoms with E-state index in [2.05, 4.69) is 40.9 Å². The second-order valence-corrected chi connectivity index (χ2v) is 8.80. The van der Waals surface area contributed by atoms with Gasteiger partial charge in [-0.05, 0) is 42.8 Å². The van der Waals surface area contributed by atoms with Crippen LogP contribution in [0.25, 0.3) is 0 Å². The molecular weight excluding hydrogens is 424 g/mol. The molecule has 0 saturated carbocycles. The first-order valence-corrected chi connectivity index (χ1v) is 12.3. The maximum Gasteiger partial charge on any atom is 0.343 e. The monoisotopic (exact) mass is 461 g/mol. The van der Waals surface area contributed by atoms with E-state index >= 15 is 0 Å². The number of hydrogen-bond acceptors (Lipinski definition) is 4. The zero-order valence-corrected chi connectivity index (χ0v) is 20.7. The lowest BCUT2D eigenvalue weighted by molar-refractivity contribution is -0.688. The van der Waals surface area contributed by atoms with E-state index in [0.717, 1.165) is 36.6 Å². The molecule has 0 aliphatic heterocycles. The number of rotatable bonds is 13. The van der Waals surface area contributed by atoms with Crippen molar-refractivity contribution in [3.05, 3.63) is 84.2 Å².